The van der Waals surface area contributed by atoms with Crippen molar-refractivity contribution in [3.63, 3.8) is 0 Å². The Labute approximate surface area is 337 Å². The van der Waals surface area contributed by atoms with Crippen molar-refractivity contribution >= 4 is 20.3 Å². The molecule has 2 aromatic carbocycles. The molecule has 1 unspecified atom stereocenters. The maximum Gasteiger partial charge on any atom is 0.410 e. The van der Waals surface area contributed by atoms with E-state index in [-0.39, 0.29) is 12.2 Å². The number of piperidine rings is 2. The summed E-state index contributed by atoms with van der Waals surface area (Å²) in [4.78, 5) is 29.5. The molecule has 0 aliphatic carbocycles. The molecule has 0 aromatic heterocycles. The van der Waals surface area contributed by atoms with E-state index in [4.69, 9.17) is 15.9 Å². The molecule has 2 aliphatic rings. The summed E-state index contributed by atoms with van der Waals surface area (Å²) in [6.45, 7) is 22.9. The van der Waals surface area contributed by atoms with Gasteiger partial charge in [-0.2, -0.15) is 10.5 Å². The highest BCUT2D eigenvalue weighted by Gasteiger charge is 2.45. The van der Waals surface area contributed by atoms with Crippen LogP contribution in [0, 0.1) is 46.5 Å². The molecule has 2 aromatic rings. The summed E-state index contributed by atoms with van der Waals surface area (Å²) < 4.78 is 11.7. The van der Waals surface area contributed by atoms with Crippen molar-refractivity contribution in [2.75, 3.05) is 26.2 Å². The van der Waals surface area contributed by atoms with Gasteiger partial charge < -0.3 is 19.3 Å². The van der Waals surface area contributed by atoms with Crippen LogP contribution in [0.25, 0.3) is 0 Å². The molecule has 56 heavy (non-hydrogen) atoms. The number of carbonyl (C=O) groups is 2. The van der Waals surface area contributed by atoms with Gasteiger partial charge in [0.05, 0.1) is 23.0 Å². The number of hydrogen-bond acceptors (Lipinski definition) is 6. The zero-order valence-corrected chi connectivity index (χ0v) is 36.4. The van der Waals surface area contributed by atoms with Crippen LogP contribution in [0.1, 0.15) is 130 Å². The summed E-state index contributed by atoms with van der Waals surface area (Å²) in [5.41, 5.74) is 6.10. The van der Waals surface area contributed by atoms with Gasteiger partial charge in [-0.15, -0.1) is 12.0 Å². The van der Waals surface area contributed by atoms with Gasteiger partial charge in [-0.1, -0.05) is 70.7 Å². The van der Waals surface area contributed by atoms with Crippen LogP contribution in [-0.4, -0.2) is 67.4 Å². The highest BCUT2D eigenvalue weighted by molar-refractivity contribution is 6.90. The number of ether oxygens (including phenoxy) is 2. The standard InChI is InChI=1S/C47H62N4O4Si/c1-12-38-13-17-40(18-14-38)46(33-48)26-30-51(31-27-46)43(53)55-45(10,11)23-21-37(6)56(35(2)3,36(4)5)32-22-39-15-19-41(20-16-39)47(34-49)24-28-50(29-25-47)42(52)54-44(7,8)9/h1,13-20,35-37H,21,23-31H2,2-11H3. The Kier molecular flexibility index (Phi) is 13.8. The minimum absolute atomic E-state index is 0.330. The molecule has 4 rings (SSSR count). The van der Waals surface area contributed by atoms with Crippen LogP contribution in [0.15, 0.2) is 48.5 Å². The Hall–Kier alpha value is -4.70. The van der Waals surface area contributed by atoms with Gasteiger partial charge in [0.1, 0.15) is 19.3 Å². The molecule has 2 amide bonds. The minimum Gasteiger partial charge on any atom is -0.444 e. The molecule has 2 aliphatic heterocycles. The van der Waals surface area contributed by atoms with Gasteiger partial charge in [-0.3, -0.25) is 0 Å². The quantitative estimate of drug-likeness (QED) is 0.185. The first kappa shape index (κ1) is 44.0. The minimum atomic E-state index is -2.23. The average molecular weight is 775 g/mol. The summed E-state index contributed by atoms with van der Waals surface area (Å²) in [6.07, 6.45) is 8.64. The van der Waals surface area contributed by atoms with Crippen molar-refractivity contribution in [2.24, 2.45) is 0 Å². The Balaban J connectivity index is 1.40. The van der Waals surface area contributed by atoms with Crippen molar-refractivity contribution in [3.8, 4) is 35.9 Å². The Morgan fingerprint density at radius 2 is 1.14 bits per heavy atom. The molecular formula is C47H62N4O4Si. The molecule has 0 saturated carbocycles. The molecule has 0 spiro atoms. The van der Waals surface area contributed by atoms with E-state index in [1.165, 1.54) is 0 Å². The molecule has 9 heteroatoms. The molecule has 298 valence electrons. The van der Waals surface area contributed by atoms with Gasteiger partial charge in [0.15, 0.2) is 0 Å². The second kappa shape index (κ2) is 17.6. The maximum atomic E-state index is 13.4. The summed E-state index contributed by atoms with van der Waals surface area (Å²) in [5.74, 6) is 6.20. The van der Waals surface area contributed by atoms with Crippen LogP contribution in [0.4, 0.5) is 9.59 Å². The number of nitrogens with zero attached hydrogens (tertiary/aromatic N) is 4. The molecule has 8 nitrogen and oxygen atoms in total. The third-order valence-corrected chi connectivity index (χ3v) is 18.6. The third-order valence-electron chi connectivity index (χ3n) is 12.3. The zero-order chi connectivity index (χ0) is 41.5. The fourth-order valence-corrected chi connectivity index (χ4v) is 14.1. The van der Waals surface area contributed by atoms with Gasteiger partial charge in [-0.25, -0.2) is 9.59 Å². The third kappa shape index (κ3) is 9.99. The van der Waals surface area contributed by atoms with Crippen molar-refractivity contribution in [2.45, 2.75) is 146 Å². The van der Waals surface area contributed by atoms with Gasteiger partial charge in [0.25, 0.3) is 0 Å². The highest BCUT2D eigenvalue weighted by Crippen LogP contribution is 2.45. The van der Waals surface area contributed by atoms with E-state index in [1.807, 2.05) is 83.1 Å². The number of carbonyl (C=O) groups excluding carboxylic acids is 2. The van der Waals surface area contributed by atoms with Crippen LogP contribution < -0.4 is 0 Å². The fourth-order valence-electron chi connectivity index (χ4n) is 8.71. The fraction of sp³-hybridized carbons (Fsp3) is 0.574. The largest absolute Gasteiger partial charge is 0.444 e. The first-order chi connectivity index (χ1) is 26.2. The molecule has 2 fully saturated rings. The smallest absolute Gasteiger partial charge is 0.410 e. The lowest BCUT2D eigenvalue weighted by Gasteiger charge is -2.41. The number of nitriles is 2. The molecule has 0 radical (unpaired) electrons. The van der Waals surface area contributed by atoms with Crippen molar-refractivity contribution in [3.05, 3.63) is 70.8 Å². The van der Waals surface area contributed by atoms with Crippen LogP contribution in [-0.2, 0) is 20.3 Å². The van der Waals surface area contributed by atoms with Gasteiger partial charge in [0, 0.05) is 37.3 Å². The number of likely N-dealkylation sites (tertiary alicyclic amines) is 2. The molecule has 0 bridgehead atoms. The Morgan fingerprint density at radius 1 is 0.732 bits per heavy atom. The molecule has 2 heterocycles. The number of rotatable bonds is 9. The summed E-state index contributed by atoms with van der Waals surface area (Å²) >= 11 is 0. The molecular weight excluding hydrogens is 713 g/mol. The second-order valence-corrected chi connectivity index (χ2v) is 23.6. The summed E-state index contributed by atoms with van der Waals surface area (Å²) in [5, 5.41) is 20.5. The van der Waals surface area contributed by atoms with Crippen molar-refractivity contribution in [1.82, 2.24) is 9.80 Å². The lowest BCUT2D eigenvalue weighted by molar-refractivity contribution is 0.00189. The Morgan fingerprint density at radius 3 is 1.52 bits per heavy atom. The number of terminal acetylenes is 1. The van der Waals surface area contributed by atoms with Crippen LogP contribution in [0.2, 0.25) is 16.6 Å². The molecule has 2 saturated heterocycles. The normalized spacial score (nSPS) is 17.4. The van der Waals surface area contributed by atoms with Gasteiger partial charge in [0.2, 0.25) is 0 Å². The van der Waals surface area contributed by atoms with E-state index in [0.29, 0.717) is 74.9 Å². The topological polar surface area (TPSA) is 107 Å². The predicted octanol–water partition coefficient (Wildman–Crippen LogP) is 10.3. The van der Waals surface area contributed by atoms with Crippen LogP contribution in [0.5, 0.6) is 0 Å². The number of amides is 2. The van der Waals surface area contributed by atoms with Crippen molar-refractivity contribution < 1.29 is 19.1 Å². The SMILES string of the molecule is C#Cc1ccc(C2(C#N)CCN(C(=O)OC(C)(C)CCC(C)[Si](C#Cc3ccc(C4(C#N)CCN(C(=O)OC(C)(C)C)CC4)cc3)(C(C)C)C(C)C)CC2)cc1. The molecule has 0 N–H and O–H groups in total. The lowest BCUT2D eigenvalue weighted by Crippen LogP contribution is -2.47. The maximum absolute atomic E-state index is 13.4. The predicted molar refractivity (Wildman–Crippen MR) is 225 cm³/mol. The molecule has 1 atom stereocenters. The second-order valence-electron chi connectivity index (χ2n) is 18.2. The summed E-state index contributed by atoms with van der Waals surface area (Å²) in [6, 6.07) is 20.8. The van der Waals surface area contributed by atoms with Crippen molar-refractivity contribution in [1.29, 1.82) is 10.5 Å². The number of benzene rings is 2. The first-order valence-corrected chi connectivity index (χ1v) is 22.5. The lowest BCUT2D eigenvalue weighted by atomic mass is 9.74. The van der Waals surface area contributed by atoms with E-state index in [1.54, 1.807) is 9.80 Å². The average Bonchev–Trinajstić information content (AvgIpc) is 3.16. The number of hydrogen-bond donors (Lipinski definition) is 0. The highest BCUT2D eigenvalue weighted by atomic mass is 28.3. The van der Waals surface area contributed by atoms with Crippen LogP contribution in [0.3, 0.4) is 0 Å². The van der Waals surface area contributed by atoms with E-state index < -0.39 is 30.1 Å². The van der Waals surface area contributed by atoms with E-state index in [9.17, 15) is 20.1 Å². The van der Waals surface area contributed by atoms with E-state index in [2.05, 4.69) is 64.1 Å². The van der Waals surface area contributed by atoms with Gasteiger partial charge >= 0.3 is 12.2 Å². The Bertz CT molecular complexity index is 1870. The zero-order valence-electron chi connectivity index (χ0n) is 35.4. The van der Waals surface area contributed by atoms with Gasteiger partial charge in [-0.05, 0) is 125 Å². The van der Waals surface area contributed by atoms with Crippen LogP contribution >= 0.6 is 0 Å². The first-order valence-electron chi connectivity index (χ1n) is 20.2. The van der Waals surface area contributed by atoms with E-state index >= 15 is 0 Å². The van der Waals surface area contributed by atoms with E-state index in [0.717, 1.165) is 28.7 Å². The monoisotopic (exact) mass is 774 g/mol. The summed E-state index contributed by atoms with van der Waals surface area (Å²) in [7, 11) is -2.23.